The minimum Gasteiger partial charge on any atom is -0.506 e. The molecule has 0 bridgehead atoms. The van der Waals surface area contributed by atoms with Crippen molar-refractivity contribution in [3.05, 3.63) is 34.2 Å². The van der Waals surface area contributed by atoms with E-state index >= 15 is 0 Å². The molecule has 0 saturated carbocycles. The van der Waals surface area contributed by atoms with Crippen LogP contribution in [0.25, 0.3) is 11.0 Å². The van der Waals surface area contributed by atoms with Crippen LogP contribution < -0.4 is 17.1 Å². The quantitative estimate of drug-likeness (QED) is 0.217. The first-order valence-electron chi connectivity index (χ1n) is 6.86. The van der Waals surface area contributed by atoms with Crippen LogP contribution in [0.2, 0.25) is 0 Å². The van der Waals surface area contributed by atoms with Crippen LogP contribution in [0.3, 0.4) is 0 Å². The number of thiol groups is 1. The summed E-state index contributed by atoms with van der Waals surface area (Å²) in [7, 11) is 0. The summed E-state index contributed by atoms with van der Waals surface area (Å²) < 4.78 is 9.50. The van der Waals surface area contributed by atoms with Gasteiger partial charge in [-0.2, -0.15) is 12.6 Å². The molecule has 1 aromatic heterocycles. The van der Waals surface area contributed by atoms with Gasteiger partial charge in [0.25, 0.3) is 0 Å². The molecule has 0 saturated heterocycles. The van der Waals surface area contributed by atoms with Crippen molar-refractivity contribution in [2.75, 3.05) is 18.1 Å². The SMILES string of the molecule is CCOC(=O)C(N)CS.Cc1cc(=O)oc2c(N)c(O)ccc12. The maximum Gasteiger partial charge on any atom is 0.336 e. The molecule has 8 heteroatoms. The smallest absolute Gasteiger partial charge is 0.336 e. The average molecular weight is 340 g/mol. The number of fused-ring (bicyclic) bond motifs is 1. The molecule has 2 rings (SSSR count). The van der Waals surface area contributed by atoms with E-state index in [1.807, 2.05) is 0 Å². The predicted molar refractivity (Wildman–Crippen MR) is 91.8 cm³/mol. The van der Waals surface area contributed by atoms with Gasteiger partial charge in [-0.15, -0.1) is 0 Å². The average Bonchev–Trinajstić information content (AvgIpc) is 2.51. The fourth-order valence-corrected chi connectivity index (χ4v) is 1.87. The Labute approximate surface area is 138 Å². The normalized spacial score (nSPS) is 11.5. The third-order valence-corrected chi connectivity index (χ3v) is 3.31. The molecule has 1 aromatic carbocycles. The van der Waals surface area contributed by atoms with Crippen molar-refractivity contribution in [3.63, 3.8) is 0 Å². The number of aryl methyl sites for hydroxylation is 1. The van der Waals surface area contributed by atoms with Crippen molar-refractivity contribution in [1.29, 1.82) is 0 Å². The van der Waals surface area contributed by atoms with E-state index in [9.17, 15) is 14.7 Å². The van der Waals surface area contributed by atoms with Gasteiger partial charge in [0.15, 0.2) is 5.58 Å². The molecular formula is C15H20N2O5S. The van der Waals surface area contributed by atoms with Crippen LogP contribution in [0, 0.1) is 6.92 Å². The number of carbonyl (C=O) groups is 1. The van der Waals surface area contributed by atoms with Crippen LogP contribution >= 0.6 is 12.6 Å². The lowest BCUT2D eigenvalue weighted by molar-refractivity contribution is -0.144. The van der Waals surface area contributed by atoms with Gasteiger partial charge in [-0.1, -0.05) is 0 Å². The molecule has 126 valence electrons. The minimum atomic E-state index is -0.576. The van der Waals surface area contributed by atoms with Crippen molar-refractivity contribution in [2.24, 2.45) is 5.73 Å². The summed E-state index contributed by atoms with van der Waals surface area (Å²) in [6, 6.07) is 3.95. The predicted octanol–water partition coefficient (Wildman–Crippen LogP) is 1.20. The molecule has 23 heavy (non-hydrogen) atoms. The summed E-state index contributed by atoms with van der Waals surface area (Å²) in [4.78, 5) is 21.6. The zero-order valence-corrected chi connectivity index (χ0v) is 13.8. The van der Waals surface area contributed by atoms with E-state index in [2.05, 4.69) is 17.4 Å². The molecule has 1 atom stereocenters. The third-order valence-electron chi connectivity index (χ3n) is 2.92. The van der Waals surface area contributed by atoms with Gasteiger partial charge < -0.3 is 25.7 Å². The van der Waals surface area contributed by atoms with Crippen LogP contribution in [-0.4, -0.2) is 29.5 Å². The largest absolute Gasteiger partial charge is 0.506 e. The van der Waals surface area contributed by atoms with E-state index < -0.39 is 11.7 Å². The van der Waals surface area contributed by atoms with E-state index in [4.69, 9.17) is 15.9 Å². The first kappa shape index (κ1) is 18.9. The van der Waals surface area contributed by atoms with Gasteiger partial charge >= 0.3 is 11.6 Å². The van der Waals surface area contributed by atoms with Gasteiger partial charge in [0.2, 0.25) is 0 Å². The Kier molecular flexibility index (Phi) is 6.92. The Morgan fingerprint density at radius 2 is 2.13 bits per heavy atom. The van der Waals surface area contributed by atoms with Gasteiger partial charge in [0.05, 0.1) is 6.61 Å². The van der Waals surface area contributed by atoms with Gasteiger partial charge in [0, 0.05) is 17.2 Å². The second-order valence-electron chi connectivity index (χ2n) is 4.66. The number of anilines is 1. The second kappa shape index (κ2) is 8.44. The number of ether oxygens (including phenoxy) is 1. The van der Waals surface area contributed by atoms with Crippen LogP contribution in [0.5, 0.6) is 5.75 Å². The van der Waals surface area contributed by atoms with E-state index in [0.29, 0.717) is 12.4 Å². The highest BCUT2D eigenvalue weighted by Gasteiger charge is 2.10. The van der Waals surface area contributed by atoms with Gasteiger partial charge in [-0.05, 0) is 31.5 Å². The number of hydrogen-bond acceptors (Lipinski definition) is 8. The van der Waals surface area contributed by atoms with Crippen molar-refractivity contribution < 1.29 is 19.1 Å². The first-order valence-corrected chi connectivity index (χ1v) is 7.50. The topological polar surface area (TPSA) is 129 Å². The number of carbonyl (C=O) groups excluding carboxylic acids is 1. The molecule has 0 fully saturated rings. The summed E-state index contributed by atoms with van der Waals surface area (Å²) >= 11 is 3.82. The molecular weight excluding hydrogens is 320 g/mol. The molecule has 5 N–H and O–H groups in total. The molecule has 0 aliphatic heterocycles. The fraction of sp³-hybridized carbons (Fsp3) is 0.333. The van der Waals surface area contributed by atoms with Crippen molar-refractivity contribution in [3.8, 4) is 5.75 Å². The highest BCUT2D eigenvalue weighted by atomic mass is 32.1. The molecule has 2 aromatic rings. The van der Waals surface area contributed by atoms with Crippen molar-refractivity contribution in [1.82, 2.24) is 0 Å². The minimum absolute atomic E-state index is 0.0775. The molecule has 1 heterocycles. The summed E-state index contributed by atoms with van der Waals surface area (Å²) in [6.45, 7) is 3.90. The molecule has 1 unspecified atom stereocenters. The Balaban J connectivity index is 0.000000257. The monoisotopic (exact) mass is 340 g/mol. The maximum atomic E-state index is 11.1. The van der Waals surface area contributed by atoms with Gasteiger partial charge in [-0.25, -0.2) is 4.79 Å². The van der Waals surface area contributed by atoms with Crippen LogP contribution in [0.4, 0.5) is 5.69 Å². The zero-order valence-electron chi connectivity index (χ0n) is 12.9. The number of aromatic hydroxyl groups is 1. The second-order valence-corrected chi connectivity index (χ2v) is 5.03. The third kappa shape index (κ3) is 4.90. The van der Waals surface area contributed by atoms with Crippen molar-refractivity contribution in [2.45, 2.75) is 19.9 Å². The lowest BCUT2D eigenvalue weighted by Crippen LogP contribution is -2.33. The van der Waals surface area contributed by atoms with E-state index in [1.165, 1.54) is 12.1 Å². The lowest BCUT2D eigenvalue weighted by Gasteiger charge is -2.05. The first-order chi connectivity index (χ1) is 10.8. The Morgan fingerprint density at radius 3 is 2.70 bits per heavy atom. The number of phenols is 1. The maximum absolute atomic E-state index is 11.1. The Morgan fingerprint density at radius 1 is 1.48 bits per heavy atom. The van der Waals surface area contributed by atoms with E-state index in [1.54, 1.807) is 19.9 Å². The number of benzene rings is 1. The Bertz CT molecular complexity index is 744. The molecule has 0 spiro atoms. The molecule has 0 amide bonds. The van der Waals surface area contributed by atoms with Crippen molar-refractivity contribution >= 4 is 35.3 Å². The fourth-order valence-electron chi connectivity index (χ4n) is 1.72. The van der Waals surface area contributed by atoms with Gasteiger partial charge in [0.1, 0.15) is 17.5 Å². The molecule has 0 radical (unpaired) electrons. The lowest BCUT2D eigenvalue weighted by atomic mass is 10.1. The number of esters is 1. The number of hydrogen-bond donors (Lipinski definition) is 4. The van der Waals surface area contributed by atoms with Crippen LogP contribution in [0.15, 0.2) is 27.4 Å². The highest BCUT2D eigenvalue weighted by molar-refractivity contribution is 7.80. The number of nitrogens with two attached hydrogens (primary N) is 2. The highest BCUT2D eigenvalue weighted by Crippen LogP contribution is 2.29. The number of nitrogen functional groups attached to an aromatic ring is 1. The summed E-state index contributed by atoms with van der Waals surface area (Å²) in [5, 5.41) is 10.0. The number of phenolic OH excluding ortho intramolecular Hbond substituents is 1. The van der Waals surface area contributed by atoms with Crippen LogP contribution in [-0.2, 0) is 9.53 Å². The van der Waals surface area contributed by atoms with Crippen LogP contribution in [0.1, 0.15) is 12.5 Å². The standard InChI is InChI=1S/C10H9NO3.C5H11NO2S/c1-5-4-8(13)14-10-6(5)2-3-7(12)9(10)11;1-2-8-5(7)4(6)3-9/h2-4,12H,11H2,1H3;4,9H,2-3,6H2,1H3. The molecule has 0 aliphatic carbocycles. The van der Waals surface area contributed by atoms with E-state index in [0.717, 1.165) is 10.9 Å². The molecule has 7 nitrogen and oxygen atoms in total. The molecule has 0 aliphatic rings. The summed E-state index contributed by atoms with van der Waals surface area (Å²) in [6.07, 6.45) is 0. The van der Waals surface area contributed by atoms with Gasteiger partial charge in [-0.3, -0.25) is 4.79 Å². The number of rotatable bonds is 3. The van der Waals surface area contributed by atoms with E-state index in [-0.39, 0.29) is 23.0 Å². The zero-order chi connectivity index (χ0) is 17.6. The summed E-state index contributed by atoms with van der Waals surface area (Å²) in [5.41, 5.74) is 11.5. The Hall–Kier alpha value is -2.19. The summed E-state index contributed by atoms with van der Waals surface area (Å²) in [5.74, 6) is -0.127.